The topological polar surface area (TPSA) is 134 Å². The third-order valence-corrected chi connectivity index (χ3v) is 2.94. The SMILES string of the molecule is C[C@@H](C(=O)O)n1cc(C(O)C(O)CNC(=O)OC(C)(C)C)cn1. The first-order valence-corrected chi connectivity index (χ1v) is 7.11. The van der Waals surface area contributed by atoms with Crippen LogP contribution in [-0.4, -0.2) is 55.4 Å². The molecule has 9 nitrogen and oxygen atoms in total. The molecule has 130 valence electrons. The Morgan fingerprint density at radius 1 is 1.39 bits per heavy atom. The quantitative estimate of drug-likeness (QED) is 0.595. The zero-order valence-electron chi connectivity index (χ0n) is 13.6. The lowest BCUT2D eigenvalue weighted by molar-refractivity contribution is -0.140. The van der Waals surface area contributed by atoms with Crippen molar-refractivity contribution in [3.63, 3.8) is 0 Å². The van der Waals surface area contributed by atoms with E-state index in [1.54, 1.807) is 20.8 Å². The van der Waals surface area contributed by atoms with Gasteiger partial charge in [0.05, 0.1) is 6.20 Å². The number of aliphatic carboxylic acids is 1. The largest absolute Gasteiger partial charge is 0.480 e. The molecule has 0 aromatic carbocycles. The Balaban J connectivity index is 2.58. The molecule has 0 aliphatic heterocycles. The van der Waals surface area contributed by atoms with Crippen LogP contribution < -0.4 is 5.32 Å². The molecule has 23 heavy (non-hydrogen) atoms. The van der Waals surface area contributed by atoms with Crippen molar-refractivity contribution in [2.45, 2.75) is 51.5 Å². The third kappa shape index (κ3) is 5.87. The fraction of sp³-hybridized carbons (Fsp3) is 0.643. The molecule has 0 saturated carbocycles. The third-order valence-electron chi connectivity index (χ3n) is 2.94. The predicted octanol–water partition coefficient (Wildman–Crippen LogP) is 0.448. The normalized spacial score (nSPS) is 15.6. The molecular formula is C14H23N3O6. The van der Waals surface area contributed by atoms with Gasteiger partial charge < -0.3 is 25.4 Å². The number of ether oxygens (including phenoxy) is 1. The highest BCUT2D eigenvalue weighted by Gasteiger charge is 2.24. The number of rotatable bonds is 6. The van der Waals surface area contributed by atoms with Crippen molar-refractivity contribution in [1.82, 2.24) is 15.1 Å². The number of carbonyl (C=O) groups is 2. The number of carboxylic acid groups (broad SMARTS) is 1. The summed E-state index contributed by atoms with van der Waals surface area (Å²) in [5.74, 6) is -1.07. The van der Waals surface area contributed by atoms with E-state index in [2.05, 4.69) is 10.4 Å². The number of hydrogen-bond acceptors (Lipinski definition) is 6. The van der Waals surface area contributed by atoms with E-state index in [1.165, 1.54) is 19.3 Å². The maximum absolute atomic E-state index is 11.5. The van der Waals surface area contributed by atoms with E-state index in [-0.39, 0.29) is 12.1 Å². The van der Waals surface area contributed by atoms with Gasteiger partial charge in [0.1, 0.15) is 23.9 Å². The van der Waals surface area contributed by atoms with Crippen molar-refractivity contribution in [3.05, 3.63) is 18.0 Å². The van der Waals surface area contributed by atoms with Gasteiger partial charge in [0, 0.05) is 18.3 Å². The van der Waals surface area contributed by atoms with Gasteiger partial charge in [-0.15, -0.1) is 0 Å². The highest BCUT2D eigenvalue weighted by molar-refractivity contribution is 5.71. The monoisotopic (exact) mass is 329 g/mol. The van der Waals surface area contributed by atoms with Gasteiger partial charge in [-0.1, -0.05) is 0 Å². The smallest absolute Gasteiger partial charge is 0.407 e. The molecule has 4 N–H and O–H groups in total. The van der Waals surface area contributed by atoms with E-state index in [0.29, 0.717) is 0 Å². The van der Waals surface area contributed by atoms with Crippen LogP contribution in [0.2, 0.25) is 0 Å². The van der Waals surface area contributed by atoms with Gasteiger partial charge in [0.15, 0.2) is 0 Å². The molecule has 2 unspecified atom stereocenters. The molecule has 0 radical (unpaired) electrons. The van der Waals surface area contributed by atoms with E-state index < -0.39 is 35.9 Å². The van der Waals surface area contributed by atoms with Crippen LogP contribution >= 0.6 is 0 Å². The van der Waals surface area contributed by atoms with Gasteiger partial charge >= 0.3 is 12.1 Å². The summed E-state index contributed by atoms with van der Waals surface area (Å²) in [6.07, 6.45) is -0.722. The molecule has 0 aliphatic carbocycles. The number of hydrogen-bond donors (Lipinski definition) is 4. The number of nitrogens with zero attached hydrogens (tertiary/aromatic N) is 2. The molecule has 0 aliphatic rings. The number of carboxylic acids is 1. The molecule has 0 bridgehead atoms. The number of nitrogens with one attached hydrogen (secondary N) is 1. The van der Waals surface area contributed by atoms with Crippen LogP contribution in [0.3, 0.4) is 0 Å². The highest BCUT2D eigenvalue weighted by atomic mass is 16.6. The summed E-state index contributed by atoms with van der Waals surface area (Å²) in [7, 11) is 0. The van der Waals surface area contributed by atoms with E-state index in [0.717, 1.165) is 4.68 Å². The number of carbonyl (C=O) groups excluding carboxylic acids is 1. The summed E-state index contributed by atoms with van der Waals surface area (Å²) in [6.45, 7) is 6.32. The van der Waals surface area contributed by atoms with Crippen LogP contribution in [-0.2, 0) is 9.53 Å². The van der Waals surface area contributed by atoms with Gasteiger partial charge in [-0.2, -0.15) is 5.10 Å². The molecular weight excluding hydrogens is 306 g/mol. The Kier molecular flexibility index (Phi) is 6.11. The average Bonchev–Trinajstić information content (AvgIpc) is 2.90. The first-order chi connectivity index (χ1) is 10.5. The summed E-state index contributed by atoms with van der Waals surface area (Å²) in [6, 6.07) is -0.895. The van der Waals surface area contributed by atoms with Crippen LogP contribution in [0.15, 0.2) is 12.4 Å². The van der Waals surface area contributed by atoms with Crippen molar-refractivity contribution in [1.29, 1.82) is 0 Å². The van der Waals surface area contributed by atoms with E-state index in [9.17, 15) is 19.8 Å². The molecule has 1 amide bonds. The van der Waals surface area contributed by atoms with Gasteiger partial charge in [-0.05, 0) is 27.7 Å². The molecule has 9 heteroatoms. The van der Waals surface area contributed by atoms with Crippen LogP contribution in [0.4, 0.5) is 4.79 Å². The van der Waals surface area contributed by atoms with Crippen LogP contribution in [0, 0.1) is 0 Å². The Morgan fingerprint density at radius 2 is 2.00 bits per heavy atom. The van der Waals surface area contributed by atoms with Crippen molar-refractivity contribution in [3.8, 4) is 0 Å². The second-order valence-electron chi connectivity index (χ2n) is 6.16. The Morgan fingerprint density at radius 3 is 2.52 bits per heavy atom. The van der Waals surface area contributed by atoms with E-state index in [4.69, 9.17) is 9.84 Å². The summed E-state index contributed by atoms with van der Waals surface area (Å²) in [5, 5.41) is 35.0. The molecule has 1 aromatic heterocycles. The minimum atomic E-state index is -1.32. The second-order valence-corrected chi connectivity index (χ2v) is 6.16. The molecule has 1 rings (SSSR count). The molecule has 3 atom stereocenters. The van der Waals surface area contributed by atoms with Crippen LogP contribution in [0.25, 0.3) is 0 Å². The highest BCUT2D eigenvalue weighted by Crippen LogP contribution is 2.18. The summed E-state index contributed by atoms with van der Waals surface area (Å²) >= 11 is 0. The van der Waals surface area contributed by atoms with Crippen molar-refractivity contribution < 1.29 is 29.6 Å². The lowest BCUT2D eigenvalue weighted by atomic mass is 10.1. The van der Waals surface area contributed by atoms with Crippen molar-refractivity contribution >= 4 is 12.1 Å². The van der Waals surface area contributed by atoms with Crippen molar-refractivity contribution in [2.24, 2.45) is 0 Å². The number of alkyl carbamates (subject to hydrolysis) is 1. The zero-order chi connectivity index (χ0) is 17.8. The molecule has 1 aromatic rings. The first kappa shape index (κ1) is 18.9. The molecule has 0 spiro atoms. The minimum absolute atomic E-state index is 0.226. The standard InChI is InChI=1S/C14H23N3O6/c1-8(12(20)21)17-7-9(5-16-17)11(19)10(18)6-15-13(22)23-14(2,3)4/h5,7-8,10-11,18-19H,6H2,1-4H3,(H,15,22)(H,20,21)/t8-,10?,11?/m0/s1. The van der Waals surface area contributed by atoms with Gasteiger partial charge in [0.25, 0.3) is 0 Å². The van der Waals surface area contributed by atoms with Crippen LogP contribution in [0.5, 0.6) is 0 Å². The summed E-state index contributed by atoms with van der Waals surface area (Å²) < 4.78 is 6.17. The molecule has 1 heterocycles. The number of aromatic nitrogens is 2. The average molecular weight is 329 g/mol. The molecule has 0 saturated heterocycles. The van der Waals surface area contributed by atoms with Crippen LogP contribution in [0.1, 0.15) is 45.4 Å². The number of amides is 1. The fourth-order valence-electron chi connectivity index (χ4n) is 1.67. The van der Waals surface area contributed by atoms with Gasteiger partial charge in [-0.3, -0.25) is 4.68 Å². The Bertz CT molecular complexity index is 551. The van der Waals surface area contributed by atoms with Gasteiger partial charge in [-0.25, -0.2) is 9.59 Å². The lowest BCUT2D eigenvalue weighted by Gasteiger charge is -2.21. The first-order valence-electron chi connectivity index (χ1n) is 7.11. The summed E-state index contributed by atoms with van der Waals surface area (Å²) in [4.78, 5) is 22.4. The second kappa shape index (κ2) is 7.42. The molecule has 0 fully saturated rings. The lowest BCUT2D eigenvalue weighted by Crippen LogP contribution is -2.38. The van der Waals surface area contributed by atoms with Gasteiger partial charge in [0.2, 0.25) is 0 Å². The van der Waals surface area contributed by atoms with Crippen molar-refractivity contribution in [2.75, 3.05) is 6.54 Å². The maximum Gasteiger partial charge on any atom is 0.407 e. The number of aliphatic hydroxyl groups excluding tert-OH is 2. The minimum Gasteiger partial charge on any atom is -0.480 e. The van der Waals surface area contributed by atoms with E-state index >= 15 is 0 Å². The Labute approximate surface area is 133 Å². The maximum atomic E-state index is 11.5. The summed E-state index contributed by atoms with van der Waals surface area (Å²) in [5.41, 5.74) is -0.418. The predicted molar refractivity (Wildman–Crippen MR) is 79.8 cm³/mol. The number of aliphatic hydroxyl groups is 2. The zero-order valence-corrected chi connectivity index (χ0v) is 13.6. The fourth-order valence-corrected chi connectivity index (χ4v) is 1.67. The van der Waals surface area contributed by atoms with E-state index in [1.807, 2.05) is 0 Å². The Hall–Kier alpha value is -2.13.